The number of rotatable bonds is 6. The standard InChI is InChI=1S/C18H21NOS/c1-14-10-15(2)12-17(11-14)19-18(20)8-9-21-13-16-6-4-3-5-7-16/h3-7,10-12H,8-9,13H2,1-2H3,(H,19,20). The molecule has 21 heavy (non-hydrogen) atoms. The van der Waals surface area contributed by atoms with Gasteiger partial charge in [0.2, 0.25) is 5.91 Å². The molecule has 0 unspecified atom stereocenters. The maximum Gasteiger partial charge on any atom is 0.225 e. The fraction of sp³-hybridized carbons (Fsp3) is 0.278. The second-order valence-electron chi connectivity index (χ2n) is 5.21. The Bertz CT molecular complexity index is 575. The Labute approximate surface area is 131 Å². The van der Waals surface area contributed by atoms with Crippen molar-refractivity contribution in [2.24, 2.45) is 0 Å². The number of hydrogen-bond donors (Lipinski definition) is 1. The van der Waals surface area contributed by atoms with Crippen LogP contribution in [0.25, 0.3) is 0 Å². The van der Waals surface area contributed by atoms with Gasteiger partial charge in [0.15, 0.2) is 0 Å². The van der Waals surface area contributed by atoms with Gasteiger partial charge in [0, 0.05) is 23.6 Å². The maximum absolute atomic E-state index is 11.9. The molecule has 0 aromatic heterocycles. The van der Waals surface area contributed by atoms with Crippen molar-refractivity contribution in [2.45, 2.75) is 26.0 Å². The predicted octanol–water partition coefficient (Wildman–Crippen LogP) is 4.57. The van der Waals surface area contributed by atoms with Crippen molar-refractivity contribution in [3.63, 3.8) is 0 Å². The first-order chi connectivity index (χ1) is 10.1. The molecule has 0 bridgehead atoms. The zero-order chi connectivity index (χ0) is 15.1. The Balaban J connectivity index is 1.72. The molecule has 0 atom stereocenters. The van der Waals surface area contributed by atoms with Crippen LogP contribution in [0.1, 0.15) is 23.1 Å². The van der Waals surface area contributed by atoms with E-state index in [1.807, 2.05) is 44.2 Å². The van der Waals surface area contributed by atoms with E-state index in [4.69, 9.17) is 0 Å². The highest BCUT2D eigenvalue weighted by Crippen LogP contribution is 2.16. The molecule has 0 saturated heterocycles. The highest BCUT2D eigenvalue weighted by Gasteiger charge is 2.03. The number of benzene rings is 2. The summed E-state index contributed by atoms with van der Waals surface area (Å²) in [5.41, 5.74) is 4.54. The summed E-state index contributed by atoms with van der Waals surface area (Å²) in [6.07, 6.45) is 0.546. The smallest absolute Gasteiger partial charge is 0.225 e. The lowest BCUT2D eigenvalue weighted by atomic mass is 10.1. The summed E-state index contributed by atoms with van der Waals surface area (Å²) in [7, 11) is 0. The van der Waals surface area contributed by atoms with Crippen LogP contribution in [0.4, 0.5) is 5.69 Å². The average molecular weight is 299 g/mol. The Kier molecular flexibility index (Phi) is 5.88. The number of amides is 1. The summed E-state index contributed by atoms with van der Waals surface area (Å²) in [6, 6.07) is 16.4. The van der Waals surface area contributed by atoms with Crippen molar-refractivity contribution < 1.29 is 4.79 Å². The van der Waals surface area contributed by atoms with Crippen molar-refractivity contribution >= 4 is 23.4 Å². The highest BCUT2D eigenvalue weighted by molar-refractivity contribution is 7.98. The van der Waals surface area contributed by atoms with Crippen LogP contribution in [0.15, 0.2) is 48.5 Å². The average Bonchev–Trinajstić information content (AvgIpc) is 2.43. The molecule has 0 aliphatic heterocycles. The van der Waals surface area contributed by atoms with E-state index in [0.717, 1.165) is 17.2 Å². The zero-order valence-electron chi connectivity index (χ0n) is 12.6. The number of thioether (sulfide) groups is 1. The lowest BCUT2D eigenvalue weighted by Gasteiger charge is -2.07. The summed E-state index contributed by atoms with van der Waals surface area (Å²) in [5.74, 6) is 1.88. The molecule has 0 saturated carbocycles. The number of carbonyl (C=O) groups is 1. The maximum atomic E-state index is 11.9. The normalized spacial score (nSPS) is 10.4. The lowest BCUT2D eigenvalue weighted by molar-refractivity contribution is -0.115. The van der Waals surface area contributed by atoms with Crippen molar-refractivity contribution in [2.75, 3.05) is 11.1 Å². The van der Waals surface area contributed by atoms with E-state index in [1.165, 1.54) is 16.7 Å². The zero-order valence-corrected chi connectivity index (χ0v) is 13.4. The summed E-state index contributed by atoms with van der Waals surface area (Å²) in [4.78, 5) is 11.9. The Morgan fingerprint density at radius 3 is 2.38 bits per heavy atom. The van der Waals surface area contributed by atoms with Gasteiger partial charge in [-0.15, -0.1) is 0 Å². The molecule has 0 heterocycles. The first kappa shape index (κ1) is 15.6. The molecule has 2 aromatic rings. The molecule has 2 aromatic carbocycles. The molecule has 2 rings (SSSR count). The van der Waals surface area contributed by atoms with Gasteiger partial charge in [0.1, 0.15) is 0 Å². The van der Waals surface area contributed by atoms with E-state index < -0.39 is 0 Å². The van der Waals surface area contributed by atoms with Crippen LogP contribution in [0.3, 0.4) is 0 Å². The number of anilines is 1. The quantitative estimate of drug-likeness (QED) is 0.792. The Morgan fingerprint density at radius 2 is 1.71 bits per heavy atom. The monoisotopic (exact) mass is 299 g/mol. The Hall–Kier alpha value is -1.74. The van der Waals surface area contributed by atoms with Crippen LogP contribution in [0.2, 0.25) is 0 Å². The van der Waals surface area contributed by atoms with Crippen LogP contribution in [0.5, 0.6) is 0 Å². The van der Waals surface area contributed by atoms with E-state index in [2.05, 4.69) is 23.5 Å². The summed E-state index contributed by atoms with van der Waals surface area (Å²) in [6.45, 7) is 4.08. The van der Waals surface area contributed by atoms with E-state index in [-0.39, 0.29) is 5.91 Å². The predicted molar refractivity (Wildman–Crippen MR) is 91.8 cm³/mol. The Morgan fingerprint density at radius 1 is 1.05 bits per heavy atom. The van der Waals surface area contributed by atoms with Crippen LogP contribution in [-0.2, 0) is 10.5 Å². The van der Waals surface area contributed by atoms with Crippen LogP contribution in [-0.4, -0.2) is 11.7 Å². The summed E-state index contributed by atoms with van der Waals surface area (Å²) < 4.78 is 0. The molecule has 3 heteroatoms. The minimum atomic E-state index is 0.0839. The van der Waals surface area contributed by atoms with E-state index >= 15 is 0 Å². The molecule has 2 nitrogen and oxygen atoms in total. The van der Waals surface area contributed by atoms with Crippen molar-refractivity contribution in [3.8, 4) is 0 Å². The largest absolute Gasteiger partial charge is 0.326 e. The summed E-state index contributed by atoms with van der Waals surface area (Å²) in [5, 5.41) is 2.97. The lowest BCUT2D eigenvalue weighted by Crippen LogP contribution is -2.12. The van der Waals surface area contributed by atoms with E-state index in [0.29, 0.717) is 6.42 Å². The van der Waals surface area contributed by atoms with Gasteiger partial charge in [0.25, 0.3) is 0 Å². The van der Waals surface area contributed by atoms with Crippen LogP contribution >= 0.6 is 11.8 Å². The third-order valence-corrected chi connectivity index (χ3v) is 4.12. The second-order valence-corrected chi connectivity index (χ2v) is 6.32. The number of aryl methyl sites for hydroxylation is 2. The fourth-order valence-corrected chi connectivity index (χ4v) is 3.10. The van der Waals surface area contributed by atoms with Crippen LogP contribution in [0, 0.1) is 13.8 Å². The van der Waals surface area contributed by atoms with Gasteiger partial charge in [-0.25, -0.2) is 0 Å². The SMILES string of the molecule is Cc1cc(C)cc(NC(=O)CCSCc2ccccc2)c1. The minimum absolute atomic E-state index is 0.0839. The fourth-order valence-electron chi connectivity index (χ4n) is 2.20. The number of hydrogen-bond acceptors (Lipinski definition) is 2. The van der Waals surface area contributed by atoms with E-state index in [1.54, 1.807) is 11.8 Å². The van der Waals surface area contributed by atoms with Gasteiger partial charge in [-0.05, 0) is 42.7 Å². The molecular weight excluding hydrogens is 278 g/mol. The topological polar surface area (TPSA) is 29.1 Å². The van der Waals surface area contributed by atoms with Gasteiger partial charge in [-0.3, -0.25) is 4.79 Å². The number of nitrogens with one attached hydrogen (secondary N) is 1. The minimum Gasteiger partial charge on any atom is -0.326 e. The third-order valence-electron chi connectivity index (χ3n) is 3.09. The molecule has 0 fully saturated rings. The summed E-state index contributed by atoms with van der Waals surface area (Å²) >= 11 is 1.79. The van der Waals surface area contributed by atoms with Gasteiger partial charge < -0.3 is 5.32 Å². The molecule has 1 N–H and O–H groups in total. The molecular formula is C18H21NOS. The molecule has 110 valence electrons. The van der Waals surface area contributed by atoms with Crippen molar-refractivity contribution in [3.05, 3.63) is 65.2 Å². The van der Waals surface area contributed by atoms with Crippen LogP contribution < -0.4 is 5.32 Å². The van der Waals surface area contributed by atoms with E-state index in [9.17, 15) is 4.79 Å². The molecule has 0 aliphatic rings. The molecule has 0 spiro atoms. The molecule has 0 radical (unpaired) electrons. The van der Waals surface area contributed by atoms with Gasteiger partial charge >= 0.3 is 0 Å². The number of carbonyl (C=O) groups excluding carboxylic acids is 1. The van der Waals surface area contributed by atoms with Crippen molar-refractivity contribution in [1.29, 1.82) is 0 Å². The van der Waals surface area contributed by atoms with Crippen molar-refractivity contribution in [1.82, 2.24) is 0 Å². The van der Waals surface area contributed by atoms with Gasteiger partial charge in [0.05, 0.1) is 0 Å². The second kappa shape index (κ2) is 7.89. The van der Waals surface area contributed by atoms with Gasteiger partial charge in [-0.1, -0.05) is 36.4 Å². The highest BCUT2D eigenvalue weighted by atomic mass is 32.2. The molecule has 1 amide bonds. The first-order valence-corrected chi connectivity index (χ1v) is 8.29. The molecule has 0 aliphatic carbocycles. The third kappa shape index (κ3) is 5.64. The first-order valence-electron chi connectivity index (χ1n) is 7.13. The van der Waals surface area contributed by atoms with Gasteiger partial charge in [-0.2, -0.15) is 11.8 Å².